The number of hydrogen-bond acceptors (Lipinski definition) is 4. The van der Waals surface area contributed by atoms with E-state index >= 15 is 0 Å². The summed E-state index contributed by atoms with van der Waals surface area (Å²) in [6.07, 6.45) is 3.38. The van der Waals surface area contributed by atoms with Crippen LogP contribution in [0.5, 0.6) is 0 Å². The van der Waals surface area contributed by atoms with Crippen molar-refractivity contribution in [1.29, 1.82) is 0 Å². The topological polar surface area (TPSA) is 52.8 Å². The molecule has 2 unspecified atom stereocenters. The maximum absolute atomic E-state index is 13.3. The zero-order valence-corrected chi connectivity index (χ0v) is 18.6. The molecule has 2 bridgehead atoms. The Labute approximate surface area is 187 Å². The molecule has 2 N–H and O–H groups in total. The minimum Gasteiger partial charge on any atom is -0.398 e. The number of aryl methyl sites for hydroxylation is 1. The van der Waals surface area contributed by atoms with Gasteiger partial charge in [0.1, 0.15) is 5.82 Å². The Hall–Kier alpha value is -2.41. The molecule has 5 nitrogen and oxygen atoms in total. The summed E-state index contributed by atoms with van der Waals surface area (Å²) in [5.74, 6) is -0.226. The third-order valence-corrected chi connectivity index (χ3v) is 6.61. The van der Waals surface area contributed by atoms with Crippen LogP contribution in [0.1, 0.15) is 16.7 Å². The van der Waals surface area contributed by atoms with Gasteiger partial charge in [-0.25, -0.2) is 4.39 Å². The third-order valence-electron chi connectivity index (χ3n) is 6.20. The molecular weight excluding hydrogens is 415 g/mol. The minimum absolute atomic E-state index is 0.00649. The van der Waals surface area contributed by atoms with Crippen LogP contribution in [0.4, 0.5) is 10.1 Å². The van der Waals surface area contributed by atoms with Gasteiger partial charge in [-0.05, 0) is 61.0 Å². The molecule has 0 saturated carbocycles. The molecule has 2 heterocycles. The van der Waals surface area contributed by atoms with Gasteiger partial charge in [-0.1, -0.05) is 23.7 Å². The largest absolute Gasteiger partial charge is 0.398 e. The highest BCUT2D eigenvalue weighted by molar-refractivity contribution is 6.31. The van der Waals surface area contributed by atoms with Crippen molar-refractivity contribution in [3.8, 4) is 0 Å². The van der Waals surface area contributed by atoms with Crippen LogP contribution in [-0.2, 0) is 11.3 Å². The molecule has 31 heavy (non-hydrogen) atoms. The fourth-order valence-electron chi connectivity index (χ4n) is 4.58. The van der Waals surface area contributed by atoms with Crippen molar-refractivity contribution in [2.24, 2.45) is 0 Å². The molecule has 0 radical (unpaired) electrons. The average Bonchev–Trinajstić information content (AvgIpc) is 2.71. The summed E-state index contributed by atoms with van der Waals surface area (Å²) < 4.78 is 13.3. The first-order chi connectivity index (χ1) is 14.8. The Morgan fingerprint density at radius 1 is 1.16 bits per heavy atom. The first-order valence-electron chi connectivity index (χ1n) is 10.5. The van der Waals surface area contributed by atoms with Crippen LogP contribution in [0, 0.1) is 12.7 Å². The summed E-state index contributed by atoms with van der Waals surface area (Å²) >= 11 is 6.11. The van der Waals surface area contributed by atoms with E-state index in [-0.39, 0.29) is 23.8 Å². The van der Waals surface area contributed by atoms with Gasteiger partial charge in [-0.3, -0.25) is 9.69 Å². The van der Waals surface area contributed by atoms with E-state index < -0.39 is 0 Å². The molecule has 0 aliphatic carbocycles. The number of hydrogen-bond donors (Lipinski definition) is 1. The molecular formula is C24H28ClFN4O. The molecule has 2 aromatic carbocycles. The number of likely N-dealkylation sites (N-methyl/N-ethyl adjacent to an activating group) is 1. The highest BCUT2D eigenvalue weighted by atomic mass is 35.5. The molecule has 4 rings (SSSR count). The second-order valence-electron chi connectivity index (χ2n) is 8.63. The van der Waals surface area contributed by atoms with E-state index in [9.17, 15) is 9.18 Å². The molecule has 0 aromatic heterocycles. The SMILES string of the molecule is Cc1cc(C=CC(=O)N2CC3CN(C)CC(C2)N3Cc2ccc(F)cc2)c(N)cc1Cl. The van der Waals surface area contributed by atoms with Crippen LogP contribution >= 0.6 is 11.6 Å². The van der Waals surface area contributed by atoms with E-state index in [1.807, 2.05) is 30.0 Å². The van der Waals surface area contributed by atoms with Crippen molar-refractivity contribution >= 4 is 29.3 Å². The van der Waals surface area contributed by atoms with Crippen molar-refractivity contribution in [2.75, 3.05) is 39.0 Å². The second kappa shape index (κ2) is 8.99. The van der Waals surface area contributed by atoms with Gasteiger partial charge in [0.05, 0.1) is 0 Å². The number of carbonyl (C=O) groups is 1. The van der Waals surface area contributed by atoms with Gasteiger partial charge >= 0.3 is 0 Å². The lowest BCUT2D eigenvalue weighted by Crippen LogP contribution is -2.68. The van der Waals surface area contributed by atoms with Crippen LogP contribution in [0.15, 0.2) is 42.5 Å². The summed E-state index contributed by atoms with van der Waals surface area (Å²) in [4.78, 5) is 19.7. The van der Waals surface area contributed by atoms with E-state index in [4.69, 9.17) is 17.3 Å². The second-order valence-corrected chi connectivity index (χ2v) is 9.04. The molecule has 2 aromatic rings. The first kappa shape index (κ1) is 21.8. The Morgan fingerprint density at radius 3 is 2.45 bits per heavy atom. The molecule has 2 aliphatic heterocycles. The quantitative estimate of drug-likeness (QED) is 0.582. The number of carbonyl (C=O) groups excluding carboxylic acids is 1. The summed E-state index contributed by atoms with van der Waals surface area (Å²) in [5, 5.41) is 0.621. The van der Waals surface area contributed by atoms with Gasteiger partial charge in [0.2, 0.25) is 5.91 Å². The smallest absolute Gasteiger partial charge is 0.246 e. The van der Waals surface area contributed by atoms with Gasteiger partial charge in [0.25, 0.3) is 0 Å². The van der Waals surface area contributed by atoms with Crippen molar-refractivity contribution in [2.45, 2.75) is 25.6 Å². The summed E-state index contributed by atoms with van der Waals surface area (Å²) in [5.41, 5.74) is 9.42. The lowest BCUT2D eigenvalue weighted by atomic mass is 9.99. The third kappa shape index (κ3) is 4.92. The summed E-state index contributed by atoms with van der Waals surface area (Å²) in [6.45, 7) is 5.81. The number of nitrogens with zero attached hydrogens (tertiary/aromatic N) is 3. The van der Waals surface area contributed by atoms with E-state index in [0.717, 1.165) is 36.3 Å². The van der Waals surface area contributed by atoms with Gasteiger partial charge in [-0.2, -0.15) is 0 Å². The Kier molecular flexibility index (Phi) is 6.32. The normalized spacial score (nSPS) is 22.3. The molecule has 0 spiro atoms. The summed E-state index contributed by atoms with van der Waals surface area (Å²) in [6, 6.07) is 10.8. The molecule has 7 heteroatoms. The van der Waals surface area contributed by atoms with E-state index in [1.165, 1.54) is 12.1 Å². The first-order valence-corrected chi connectivity index (χ1v) is 10.9. The lowest BCUT2D eigenvalue weighted by Gasteiger charge is -2.52. The summed E-state index contributed by atoms with van der Waals surface area (Å²) in [7, 11) is 2.12. The number of fused-ring (bicyclic) bond motifs is 2. The molecule has 2 atom stereocenters. The van der Waals surface area contributed by atoms with Crippen molar-refractivity contribution in [3.63, 3.8) is 0 Å². The van der Waals surface area contributed by atoms with Crippen LogP contribution in [-0.4, -0.2) is 65.9 Å². The van der Waals surface area contributed by atoms with Crippen LogP contribution in [0.3, 0.4) is 0 Å². The van der Waals surface area contributed by atoms with Crippen LogP contribution in [0.25, 0.3) is 6.08 Å². The number of nitrogens with two attached hydrogens (primary N) is 1. The van der Waals surface area contributed by atoms with E-state index in [2.05, 4.69) is 16.8 Å². The van der Waals surface area contributed by atoms with E-state index in [0.29, 0.717) is 23.8 Å². The monoisotopic (exact) mass is 442 g/mol. The Bertz CT molecular complexity index is 978. The van der Waals surface area contributed by atoms with E-state index in [1.54, 1.807) is 18.2 Å². The average molecular weight is 443 g/mol. The lowest BCUT2D eigenvalue weighted by molar-refractivity contribution is -0.134. The highest BCUT2D eigenvalue weighted by Crippen LogP contribution is 2.26. The van der Waals surface area contributed by atoms with Crippen molar-refractivity contribution in [3.05, 3.63) is 70.0 Å². The number of amides is 1. The minimum atomic E-state index is -0.220. The Balaban J connectivity index is 1.46. The fourth-order valence-corrected chi connectivity index (χ4v) is 4.75. The number of rotatable bonds is 4. The van der Waals surface area contributed by atoms with Crippen molar-refractivity contribution in [1.82, 2.24) is 14.7 Å². The van der Waals surface area contributed by atoms with Gasteiger partial charge < -0.3 is 15.5 Å². The highest BCUT2D eigenvalue weighted by Gasteiger charge is 2.40. The molecule has 2 fully saturated rings. The van der Waals surface area contributed by atoms with Crippen molar-refractivity contribution < 1.29 is 9.18 Å². The Morgan fingerprint density at radius 2 is 1.81 bits per heavy atom. The van der Waals surface area contributed by atoms with Gasteiger partial charge in [0.15, 0.2) is 0 Å². The van der Waals surface area contributed by atoms with Gasteiger partial charge in [0, 0.05) is 61.6 Å². The number of halogens is 2. The van der Waals surface area contributed by atoms with Gasteiger partial charge in [-0.15, -0.1) is 0 Å². The molecule has 1 amide bonds. The maximum atomic E-state index is 13.3. The number of piperazine rings is 2. The maximum Gasteiger partial charge on any atom is 0.246 e. The predicted octanol–water partition coefficient (Wildman–Crippen LogP) is 3.41. The van der Waals surface area contributed by atoms with Crippen LogP contribution in [0.2, 0.25) is 5.02 Å². The zero-order valence-electron chi connectivity index (χ0n) is 17.9. The molecule has 2 saturated heterocycles. The standard InChI is InChI=1S/C24H28ClFN4O/c1-16-9-18(23(27)10-22(16)25)5-8-24(31)29-14-20-12-28(2)13-21(15-29)30(20)11-17-3-6-19(26)7-4-17/h3-10,20-21H,11-15,27H2,1-2H3. The molecule has 2 aliphatic rings. The zero-order chi connectivity index (χ0) is 22.1. The molecule has 164 valence electrons. The fraction of sp³-hybridized carbons (Fsp3) is 0.375. The number of anilines is 1. The number of nitrogen functional groups attached to an aromatic ring is 1. The number of benzene rings is 2. The van der Waals surface area contributed by atoms with Crippen LogP contribution < -0.4 is 5.73 Å². The predicted molar refractivity (Wildman–Crippen MR) is 123 cm³/mol.